The van der Waals surface area contributed by atoms with Gasteiger partial charge in [0.2, 0.25) is 5.91 Å². The number of nitrogens with zero attached hydrogens (tertiary/aromatic N) is 2. The van der Waals surface area contributed by atoms with Gasteiger partial charge in [-0.3, -0.25) is 9.69 Å². The molecule has 2 N–H and O–H groups in total. The number of benzene rings is 2. The van der Waals surface area contributed by atoms with Crippen LogP contribution in [0.2, 0.25) is 5.02 Å². The maximum atomic E-state index is 12.8. The Labute approximate surface area is 180 Å². The van der Waals surface area contributed by atoms with Gasteiger partial charge in [-0.2, -0.15) is 0 Å². The third kappa shape index (κ3) is 4.94. The van der Waals surface area contributed by atoms with E-state index >= 15 is 0 Å². The topological polar surface area (TPSA) is 61.0 Å². The van der Waals surface area contributed by atoms with Gasteiger partial charge in [-0.1, -0.05) is 47.6 Å². The number of nitrogens with one attached hydrogen (secondary N) is 2. The molecule has 1 fully saturated rings. The molecule has 0 unspecified atom stereocenters. The minimum atomic E-state index is -0.144. The molecule has 1 aliphatic rings. The number of para-hydroxylation sites is 2. The number of aromatic nitrogens is 2. The second-order valence-corrected chi connectivity index (χ2v) is 9.50. The van der Waals surface area contributed by atoms with Gasteiger partial charge in [0.25, 0.3) is 0 Å². The zero-order valence-corrected chi connectivity index (χ0v) is 18.1. The van der Waals surface area contributed by atoms with Crippen molar-refractivity contribution in [2.24, 2.45) is 0 Å². The number of carbonyl (C=O) groups excluding carboxylic acids is 1. The van der Waals surface area contributed by atoms with Crippen LogP contribution in [0.3, 0.4) is 0 Å². The lowest BCUT2D eigenvalue weighted by molar-refractivity contribution is -0.126. The van der Waals surface area contributed by atoms with Crippen molar-refractivity contribution in [2.45, 2.75) is 49.3 Å². The number of thioether (sulfide) groups is 1. The monoisotopic (exact) mass is 428 g/mol. The van der Waals surface area contributed by atoms with E-state index in [1.54, 1.807) is 11.8 Å². The standard InChI is InChI=1S/C22H25ClN4OS/c1-14(2)24-21(28)20-11-17(13-27(20)12-15-7-9-16(23)10-8-15)29-22-25-18-5-3-4-6-19(18)26-22/h3-10,14,17,20H,11-13H2,1-2H3,(H,24,28)(H,25,26)/t17-,20-/m0/s1. The molecule has 1 amide bonds. The molecule has 0 bridgehead atoms. The Kier molecular flexibility index (Phi) is 6.13. The van der Waals surface area contributed by atoms with Crippen LogP contribution in [0.15, 0.2) is 53.7 Å². The van der Waals surface area contributed by atoms with Gasteiger partial charge in [-0.05, 0) is 50.1 Å². The van der Waals surface area contributed by atoms with Crippen molar-refractivity contribution in [3.8, 4) is 0 Å². The molecule has 0 radical (unpaired) electrons. The molecule has 152 valence electrons. The number of hydrogen-bond acceptors (Lipinski definition) is 4. The summed E-state index contributed by atoms with van der Waals surface area (Å²) in [5.41, 5.74) is 3.17. The molecule has 2 atom stereocenters. The van der Waals surface area contributed by atoms with Crippen molar-refractivity contribution in [1.29, 1.82) is 0 Å². The highest BCUT2D eigenvalue weighted by Crippen LogP contribution is 2.33. The normalized spacial score (nSPS) is 19.9. The van der Waals surface area contributed by atoms with Crippen molar-refractivity contribution < 1.29 is 4.79 Å². The third-order valence-electron chi connectivity index (χ3n) is 5.04. The van der Waals surface area contributed by atoms with Crippen LogP contribution in [0.5, 0.6) is 0 Å². The van der Waals surface area contributed by atoms with Crippen molar-refractivity contribution in [1.82, 2.24) is 20.2 Å². The summed E-state index contributed by atoms with van der Waals surface area (Å²) in [5, 5.41) is 5.01. The van der Waals surface area contributed by atoms with Gasteiger partial charge in [0.05, 0.1) is 17.1 Å². The Morgan fingerprint density at radius 1 is 1.28 bits per heavy atom. The van der Waals surface area contributed by atoms with Crippen LogP contribution in [0, 0.1) is 0 Å². The molecule has 1 aromatic heterocycles. The van der Waals surface area contributed by atoms with Crippen LogP contribution >= 0.6 is 23.4 Å². The van der Waals surface area contributed by atoms with E-state index in [2.05, 4.69) is 20.2 Å². The molecule has 2 aromatic carbocycles. The van der Waals surface area contributed by atoms with E-state index in [1.165, 1.54) is 0 Å². The second-order valence-electron chi connectivity index (χ2n) is 7.77. The van der Waals surface area contributed by atoms with Crippen LogP contribution in [-0.2, 0) is 11.3 Å². The molecular weight excluding hydrogens is 404 g/mol. The Morgan fingerprint density at radius 2 is 2.03 bits per heavy atom. The van der Waals surface area contributed by atoms with Gasteiger partial charge in [-0.25, -0.2) is 4.98 Å². The Balaban J connectivity index is 1.50. The SMILES string of the molecule is CC(C)NC(=O)[C@@H]1C[C@H](Sc2nc3ccccc3[nH]2)CN1Cc1ccc(Cl)cc1. The van der Waals surface area contributed by atoms with E-state index in [4.69, 9.17) is 11.6 Å². The fourth-order valence-corrected chi connectivity index (χ4v) is 5.05. The van der Waals surface area contributed by atoms with E-state index in [0.717, 1.165) is 46.3 Å². The van der Waals surface area contributed by atoms with Crippen molar-refractivity contribution in [3.05, 3.63) is 59.1 Å². The smallest absolute Gasteiger partial charge is 0.237 e. The number of rotatable bonds is 6. The summed E-state index contributed by atoms with van der Waals surface area (Å²) >= 11 is 7.74. The van der Waals surface area contributed by atoms with Gasteiger partial charge in [0, 0.05) is 29.4 Å². The highest BCUT2D eigenvalue weighted by atomic mass is 35.5. The van der Waals surface area contributed by atoms with E-state index in [-0.39, 0.29) is 18.0 Å². The molecule has 29 heavy (non-hydrogen) atoms. The first-order chi connectivity index (χ1) is 14.0. The summed E-state index contributed by atoms with van der Waals surface area (Å²) in [5.74, 6) is 0.0988. The lowest BCUT2D eigenvalue weighted by Gasteiger charge is -2.24. The first-order valence-corrected chi connectivity index (χ1v) is 11.1. The zero-order chi connectivity index (χ0) is 20.4. The first-order valence-electron chi connectivity index (χ1n) is 9.88. The highest BCUT2D eigenvalue weighted by molar-refractivity contribution is 7.99. The molecule has 2 heterocycles. The van der Waals surface area contributed by atoms with Gasteiger partial charge in [0.15, 0.2) is 5.16 Å². The molecule has 0 spiro atoms. The maximum Gasteiger partial charge on any atom is 0.237 e. The van der Waals surface area contributed by atoms with Crippen LogP contribution in [-0.4, -0.2) is 44.7 Å². The quantitative estimate of drug-likeness (QED) is 0.607. The molecule has 0 saturated carbocycles. The van der Waals surface area contributed by atoms with E-state index in [0.29, 0.717) is 5.25 Å². The fourth-order valence-electron chi connectivity index (χ4n) is 3.74. The maximum absolute atomic E-state index is 12.8. The summed E-state index contributed by atoms with van der Waals surface area (Å²) < 4.78 is 0. The largest absolute Gasteiger partial charge is 0.353 e. The van der Waals surface area contributed by atoms with Crippen molar-refractivity contribution in [3.63, 3.8) is 0 Å². The molecular formula is C22H25ClN4OS. The first kappa shape index (κ1) is 20.3. The van der Waals surface area contributed by atoms with Crippen LogP contribution < -0.4 is 5.32 Å². The number of fused-ring (bicyclic) bond motifs is 1. The summed E-state index contributed by atoms with van der Waals surface area (Å²) in [7, 11) is 0. The fraction of sp³-hybridized carbons (Fsp3) is 0.364. The minimum absolute atomic E-state index is 0.0988. The van der Waals surface area contributed by atoms with Crippen LogP contribution in [0.1, 0.15) is 25.8 Å². The van der Waals surface area contributed by atoms with Gasteiger partial charge < -0.3 is 10.3 Å². The predicted octanol–water partition coefficient (Wildman–Crippen LogP) is 4.48. The summed E-state index contributed by atoms with van der Waals surface area (Å²) in [6.07, 6.45) is 0.799. The molecule has 4 rings (SSSR count). The predicted molar refractivity (Wildman–Crippen MR) is 119 cm³/mol. The average molecular weight is 429 g/mol. The van der Waals surface area contributed by atoms with E-state index in [9.17, 15) is 4.79 Å². The zero-order valence-electron chi connectivity index (χ0n) is 16.6. The highest BCUT2D eigenvalue weighted by Gasteiger charge is 2.37. The van der Waals surface area contributed by atoms with Gasteiger partial charge in [-0.15, -0.1) is 0 Å². The number of halogens is 1. The number of likely N-dealkylation sites (tertiary alicyclic amines) is 1. The molecule has 5 nitrogen and oxygen atoms in total. The second kappa shape index (κ2) is 8.78. The molecule has 7 heteroatoms. The van der Waals surface area contributed by atoms with E-state index < -0.39 is 0 Å². The summed E-state index contributed by atoms with van der Waals surface area (Å²) in [6.45, 7) is 5.55. The lowest BCUT2D eigenvalue weighted by Crippen LogP contribution is -2.45. The van der Waals surface area contributed by atoms with Crippen LogP contribution in [0.4, 0.5) is 0 Å². The summed E-state index contributed by atoms with van der Waals surface area (Å²) in [4.78, 5) is 23.2. The molecule has 1 saturated heterocycles. The summed E-state index contributed by atoms with van der Waals surface area (Å²) in [6, 6.07) is 15.9. The number of H-pyrrole nitrogens is 1. The number of hydrogen-bond donors (Lipinski definition) is 2. The average Bonchev–Trinajstić information content (AvgIpc) is 3.26. The number of carbonyl (C=O) groups is 1. The Morgan fingerprint density at radius 3 is 2.76 bits per heavy atom. The van der Waals surface area contributed by atoms with Gasteiger partial charge >= 0.3 is 0 Å². The molecule has 1 aliphatic heterocycles. The number of aromatic amines is 1. The van der Waals surface area contributed by atoms with Crippen molar-refractivity contribution >= 4 is 40.3 Å². The van der Waals surface area contributed by atoms with Crippen LogP contribution in [0.25, 0.3) is 11.0 Å². The van der Waals surface area contributed by atoms with Gasteiger partial charge in [0.1, 0.15) is 0 Å². The lowest BCUT2D eigenvalue weighted by atomic mass is 10.1. The Bertz CT molecular complexity index is 955. The van der Waals surface area contributed by atoms with Crippen molar-refractivity contribution in [2.75, 3.05) is 6.54 Å². The Hall–Kier alpha value is -2.02. The minimum Gasteiger partial charge on any atom is -0.353 e. The number of amides is 1. The molecule has 3 aromatic rings. The number of imidazole rings is 1. The third-order valence-corrected chi connectivity index (χ3v) is 6.39. The molecule has 0 aliphatic carbocycles. The van der Waals surface area contributed by atoms with E-state index in [1.807, 2.05) is 62.4 Å².